The van der Waals surface area contributed by atoms with Crippen LogP contribution in [0.1, 0.15) is 22.1 Å². The Morgan fingerprint density at radius 1 is 1.10 bits per heavy atom. The molecule has 3 rings (SSSR count). The zero-order valence-corrected chi connectivity index (χ0v) is 15.4. The summed E-state index contributed by atoms with van der Waals surface area (Å²) in [5.74, 6) is -2.25. The maximum absolute atomic E-state index is 12.7. The number of hydrogen-bond acceptors (Lipinski definition) is 6. The van der Waals surface area contributed by atoms with Crippen LogP contribution in [0.5, 0.6) is 11.6 Å². The van der Waals surface area contributed by atoms with Crippen molar-refractivity contribution in [3.05, 3.63) is 71.9 Å². The first-order valence-corrected chi connectivity index (χ1v) is 8.61. The van der Waals surface area contributed by atoms with Gasteiger partial charge in [0.05, 0.1) is 18.8 Å². The molecule has 0 unspecified atom stereocenters. The van der Waals surface area contributed by atoms with E-state index in [1.165, 1.54) is 17.9 Å². The van der Waals surface area contributed by atoms with Gasteiger partial charge in [-0.05, 0) is 18.2 Å². The topological polar surface area (TPSA) is 134 Å². The van der Waals surface area contributed by atoms with Crippen LogP contribution < -0.4 is 10.1 Å². The van der Waals surface area contributed by atoms with Crippen molar-refractivity contribution in [3.63, 3.8) is 0 Å². The van der Waals surface area contributed by atoms with Gasteiger partial charge in [0, 0.05) is 11.6 Å². The Morgan fingerprint density at radius 2 is 1.76 bits per heavy atom. The molecule has 9 nitrogen and oxygen atoms in total. The van der Waals surface area contributed by atoms with Gasteiger partial charge in [-0.2, -0.15) is 5.10 Å². The highest BCUT2D eigenvalue weighted by Gasteiger charge is 2.32. The van der Waals surface area contributed by atoms with Crippen LogP contribution in [0, 0.1) is 0 Å². The molecule has 0 aliphatic heterocycles. The van der Waals surface area contributed by atoms with Gasteiger partial charge >= 0.3 is 5.97 Å². The van der Waals surface area contributed by atoms with Gasteiger partial charge in [0.25, 0.3) is 5.91 Å². The fraction of sp³-hybridized carbons (Fsp3) is 0.150. The molecule has 0 saturated heterocycles. The molecule has 0 fully saturated rings. The third kappa shape index (κ3) is 4.19. The number of aromatic nitrogens is 2. The number of methoxy groups -OCH3 is 1. The molecular weight excluding hydrogens is 378 g/mol. The van der Waals surface area contributed by atoms with Gasteiger partial charge in [0.2, 0.25) is 5.88 Å². The zero-order valence-electron chi connectivity index (χ0n) is 15.4. The Kier molecular flexibility index (Phi) is 5.79. The minimum Gasteiger partial charge on any atom is -0.496 e. The zero-order chi connectivity index (χ0) is 21.0. The normalized spacial score (nSPS) is 12.8. The molecule has 29 heavy (non-hydrogen) atoms. The summed E-state index contributed by atoms with van der Waals surface area (Å²) in [6.07, 6.45) is -1.93. The van der Waals surface area contributed by atoms with Gasteiger partial charge in [-0.3, -0.25) is 4.79 Å². The largest absolute Gasteiger partial charge is 0.496 e. The monoisotopic (exact) mass is 397 g/mol. The van der Waals surface area contributed by atoms with Crippen molar-refractivity contribution in [1.82, 2.24) is 15.1 Å². The summed E-state index contributed by atoms with van der Waals surface area (Å²) < 4.78 is 6.38. The molecule has 0 aliphatic rings. The van der Waals surface area contributed by atoms with E-state index in [1.807, 2.05) is 0 Å². The molecule has 1 amide bonds. The van der Waals surface area contributed by atoms with E-state index in [0.717, 1.165) is 6.07 Å². The Labute approximate surface area is 165 Å². The van der Waals surface area contributed by atoms with Crippen molar-refractivity contribution in [1.29, 1.82) is 0 Å². The fourth-order valence-electron chi connectivity index (χ4n) is 2.85. The van der Waals surface area contributed by atoms with E-state index in [2.05, 4.69) is 10.4 Å². The molecule has 1 heterocycles. The summed E-state index contributed by atoms with van der Waals surface area (Å²) in [5.41, 5.74) is 0.671. The van der Waals surface area contributed by atoms with Crippen molar-refractivity contribution >= 4 is 11.9 Å². The predicted molar refractivity (Wildman–Crippen MR) is 102 cm³/mol. The summed E-state index contributed by atoms with van der Waals surface area (Å²) in [4.78, 5) is 24.1. The summed E-state index contributed by atoms with van der Waals surface area (Å²) in [7, 11) is 1.39. The first kappa shape index (κ1) is 19.9. The molecule has 9 heteroatoms. The quantitative estimate of drug-likeness (QED) is 0.475. The molecule has 0 radical (unpaired) electrons. The molecule has 0 spiro atoms. The lowest BCUT2D eigenvalue weighted by atomic mass is 10.00. The Morgan fingerprint density at radius 3 is 2.41 bits per heavy atom. The first-order valence-electron chi connectivity index (χ1n) is 8.61. The van der Waals surface area contributed by atoms with E-state index in [0.29, 0.717) is 11.4 Å². The van der Waals surface area contributed by atoms with Crippen molar-refractivity contribution in [2.45, 2.75) is 12.1 Å². The average molecular weight is 397 g/mol. The molecule has 3 aromatic rings. The van der Waals surface area contributed by atoms with E-state index in [4.69, 9.17) is 4.74 Å². The third-order valence-electron chi connectivity index (χ3n) is 4.25. The third-order valence-corrected chi connectivity index (χ3v) is 4.25. The minimum absolute atomic E-state index is 0.149. The van der Waals surface area contributed by atoms with Gasteiger partial charge < -0.3 is 25.4 Å². The molecule has 4 N–H and O–H groups in total. The standard InChI is InChI=1S/C20H19N3O6/c1-29-15-10-6-5-9-13(15)17(18(25)20(27)28)21-19(26)14-11-16(24)23(22-14)12-7-3-2-4-8-12/h2-11,17-18,24-25H,1H3,(H,21,26)(H,27,28)/t17-,18-/m1/s1. The highest BCUT2D eigenvalue weighted by molar-refractivity contribution is 5.93. The van der Waals surface area contributed by atoms with Gasteiger partial charge in [-0.25, -0.2) is 9.48 Å². The number of rotatable bonds is 7. The first-order chi connectivity index (χ1) is 13.9. The Balaban J connectivity index is 1.92. The SMILES string of the molecule is COc1ccccc1[C@@H](NC(=O)c1cc(O)n(-c2ccccc2)n1)[C@@H](O)C(=O)O. The van der Waals surface area contributed by atoms with Crippen LogP contribution in [-0.4, -0.2) is 50.2 Å². The lowest BCUT2D eigenvalue weighted by molar-refractivity contribution is -0.148. The number of amides is 1. The number of aliphatic hydroxyl groups excluding tert-OH is 1. The van der Waals surface area contributed by atoms with Crippen molar-refractivity contribution in [2.75, 3.05) is 7.11 Å². The summed E-state index contributed by atoms with van der Waals surface area (Å²) >= 11 is 0. The second-order valence-corrected chi connectivity index (χ2v) is 6.11. The van der Waals surface area contributed by atoms with Crippen LogP contribution in [0.2, 0.25) is 0 Å². The van der Waals surface area contributed by atoms with Crippen LogP contribution >= 0.6 is 0 Å². The Bertz CT molecular complexity index is 1020. The highest BCUT2D eigenvalue weighted by Crippen LogP contribution is 2.28. The molecule has 1 aromatic heterocycles. The van der Waals surface area contributed by atoms with Gasteiger partial charge in [0.15, 0.2) is 11.8 Å². The number of carbonyl (C=O) groups is 2. The van der Waals surface area contributed by atoms with E-state index >= 15 is 0 Å². The number of aromatic hydroxyl groups is 1. The van der Waals surface area contributed by atoms with Crippen molar-refractivity contribution < 1.29 is 29.6 Å². The van der Waals surface area contributed by atoms with Gasteiger partial charge in [-0.15, -0.1) is 0 Å². The minimum atomic E-state index is -1.93. The van der Waals surface area contributed by atoms with Gasteiger partial charge in [-0.1, -0.05) is 36.4 Å². The van der Waals surface area contributed by atoms with Crippen LogP contribution in [0.4, 0.5) is 0 Å². The van der Waals surface area contributed by atoms with E-state index in [1.54, 1.807) is 48.5 Å². The number of ether oxygens (including phenoxy) is 1. The fourth-order valence-corrected chi connectivity index (χ4v) is 2.85. The number of aliphatic carboxylic acids is 1. The number of carboxylic acid groups (broad SMARTS) is 1. The molecule has 0 saturated carbocycles. The van der Waals surface area contributed by atoms with E-state index in [9.17, 15) is 24.9 Å². The van der Waals surface area contributed by atoms with Crippen molar-refractivity contribution in [3.8, 4) is 17.3 Å². The number of carbonyl (C=O) groups excluding carboxylic acids is 1. The number of nitrogens with zero attached hydrogens (tertiary/aromatic N) is 2. The summed E-state index contributed by atoms with van der Waals surface area (Å²) in [5, 5.41) is 36.1. The maximum Gasteiger partial charge on any atom is 0.335 e. The number of hydrogen-bond donors (Lipinski definition) is 4. The van der Waals surface area contributed by atoms with E-state index in [-0.39, 0.29) is 17.1 Å². The lowest BCUT2D eigenvalue weighted by Gasteiger charge is -2.23. The molecule has 0 aliphatic carbocycles. The molecule has 0 bridgehead atoms. The predicted octanol–water partition coefficient (Wildman–Crippen LogP) is 1.50. The number of aliphatic hydroxyl groups is 1. The van der Waals surface area contributed by atoms with Gasteiger partial charge in [0.1, 0.15) is 5.75 Å². The van der Waals surface area contributed by atoms with Crippen LogP contribution in [0.3, 0.4) is 0 Å². The van der Waals surface area contributed by atoms with Crippen molar-refractivity contribution in [2.24, 2.45) is 0 Å². The number of benzene rings is 2. The van der Waals surface area contributed by atoms with E-state index < -0.39 is 24.0 Å². The molecule has 2 aromatic carbocycles. The number of para-hydroxylation sites is 2. The summed E-state index contributed by atoms with van der Waals surface area (Å²) in [6.45, 7) is 0. The smallest absolute Gasteiger partial charge is 0.335 e. The molecule has 150 valence electrons. The lowest BCUT2D eigenvalue weighted by Crippen LogP contribution is -2.40. The number of carboxylic acids is 1. The highest BCUT2D eigenvalue weighted by atomic mass is 16.5. The van der Waals surface area contributed by atoms with Crippen LogP contribution in [0.25, 0.3) is 5.69 Å². The Hall–Kier alpha value is -3.85. The molecular formula is C20H19N3O6. The second-order valence-electron chi connectivity index (χ2n) is 6.11. The van der Waals surface area contributed by atoms with Crippen LogP contribution in [0.15, 0.2) is 60.7 Å². The molecule has 2 atom stereocenters. The number of nitrogens with one attached hydrogen (secondary N) is 1. The van der Waals surface area contributed by atoms with Crippen LogP contribution in [-0.2, 0) is 4.79 Å². The average Bonchev–Trinajstić information content (AvgIpc) is 3.13. The second kappa shape index (κ2) is 8.44. The maximum atomic E-state index is 12.7. The summed E-state index contributed by atoms with van der Waals surface area (Å²) in [6, 6.07) is 14.9.